The first-order valence-electron chi connectivity index (χ1n) is 7.97. The molecule has 0 bridgehead atoms. The Morgan fingerprint density at radius 1 is 1.11 bits per heavy atom. The SMILES string of the molecule is CN1CCCC(CCNCCC2CCCCN2)C1. The maximum atomic E-state index is 3.64. The van der Waals surface area contributed by atoms with Crippen molar-refractivity contribution in [3.8, 4) is 0 Å². The van der Waals surface area contributed by atoms with Crippen LogP contribution in [0.5, 0.6) is 0 Å². The third-order valence-electron chi connectivity index (χ3n) is 4.53. The van der Waals surface area contributed by atoms with Crippen molar-refractivity contribution in [1.29, 1.82) is 0 Å². The van der Waals surface area contributed by atoms with E-state index in [-0.39, 0.29) is 0 Å². The van der Waals surface area contributed by atoms with Gasteiger partial charge in [-0.15, -0.1) is 0 Å². The number of piperidine rings is 2. The van der Waals surface area contributed by atoms with Gasteiger partial charge < -0.3 is 15.5 Å². The molecule has 2 heterocycles. The molecule has 106 valence electrons. The van der Waals surface area contributed by atoms with E-state index in [2.05, 4.69) is 22.6 Å². The molecule has 0 aromatic carbocycles. The average Bonchev–Trinajstić information content (AvgIpc) is 2.40. The molecule has 3 heteroatoms. The van der Waals surface area contributed by atoms with Gasteiger partial charge in [-0.3, -0.25) is 0 Å². The zero-order valence-corrected chi connectivity index (χ0v) is 12.1. The molecule has 0 aromatic rings. The Morgan fingerprint density at radius 2 is 2.00 bits per heavy atom. The van der Waals surface area contributed by atoms with E-state index in [1.807, 2.05) is 0 Å². The number of likely N-dealkylation sites (tertiary alicyclic amines) is 1. The minimum absolute atomic E-state index is 0.784. The van der Waals surface area contributed by atoms with Gasteiger partial charge >= 0.3 is 0 Å². The molecule has 2 saturated heterocycles. The Balaban J connectivity index is 1.45. The second kappa shape index (κ2) is 8.13. The van der Waals surface area contributed by atoms with E-state index in [0.29, 0.717) is 0 Å². The molecule has 3 nitrogen and oxygen atoms in total. The standard InChI is InChI=1S/C15H31N3/c1-18-12-4-5-14(13-18)7-10-16-11-8-15-6-2-3-9-17-15/h14-17H,2-13H2,1H3. The predicted molar refractivity (Wildman–Crippen MR) is 78.0 cm³/mol. The summed E-state index contributed by atoms with van der Waals surface area (Å²) in [5.41, 5.74) is 0. The summed E-state index contributed by atoms with van der Waals surface area (Å²) >= 11 is 0. The topological polar surface area (TPSA) is 27.3 Å². The van der Waals surface area contributed by atoms with Crippen molar-refractivity contribution in [3.63, 3.8) is 0 Å². The van der Waals surface area contributed by atoms with Gasteiger partial charge in [-0.1, -0.05) is 6.42 Å². The molecule has 0 spiro atoms. The smallest absolute Gasteiger partial charge is 0.00791 e. The summed E-state index contributed by atoms with van der Waals surface area (Å²) in [6, 6.07) is 0.784. The molecule has 0 aromatic heterocycles. The fraction of sp³-hybridized carbons (Fsp3) is 1.00. The first kappa shape index (κ1) is 14.3. The van der Waals surface area contributed by atoms with Crippen molar-refractivity contribution in [2.24, 2.45) is 5.92 Å². The van der Waals surface area contributed by atoms with Gasteiger partial charge in [-0.2, -0.15) is 0 Å². The fourth-order valence-electron chi connectivity index (χ4n) is 3.39. The molecule has 2 unspecified atom stereocenters. The van der Waals surface area contributed by atoms with E-state index in [1.54, 1.807) is 0 Å². The number of hydrogen-bond donors (Lipinski definition) is 2. The fourth-order valence-corrected chi connectivity index (χ4v) is 3.39. The van der Waals surface area contributed by atoms with E-state index >= 15 is 0 Å². The van der Waals surface area contributed by atoms with E-state index < -0.39 is 0 Å². The second-order valence-corrected chi connectivity index (χ2v) is 6.24. The molecule has 0 radical (unpaired) electrons. The number of rotatable bonds is 6. The molecule has 2 atom stereocenters. The van der Waals surface area contributed by atoms with Crippen LogP contribution in [0.15, 0.2) is 0 Å². The van der Waals surface area contributed by atoms with Gasteiger partial charge in [0.2, 0.25) is 0 Å². The Labute approximate surface area is 113 Å². The quantitative estimate of drug-likeness (QED) is 0.707. The molecular formula is C15H31N3. The van der Waals surface area contributed by atoms with E-state index in [1.165, 1.54) is 77.7 Å². The molecule has 2 aliphatic heterocycles. The van der Waals surface area contributed by atoms with Crippen LogP contribution in [-0.2, 0) is 0 Å². The van der Waals surface area contributed by atoms with Gasteiger partial charge in [-0.25, -0.2) is 0 Å². The number of hydrogen-bond acceptors (Lipinski definition) is 3. The summed E-state index contributed by atoms with van der Waals surface area (Å²) in [4.78, 5) is 2.49. The summed E-state index contributed by atoms with van der Waals surface area (Å²) in [6.45, 7) is 6.26. The third kappa shape index (κ3) is 5.25. The monoisotopic (exact) mass is 253 g/mol. The highest BCUT2D eigenvalue weighted by Gasteiger charge is 2.16. The Morgan fingerprint density at radius 3 is 2.78 bits per heavy atom. The van der Waals surface area contributed by atoms with Crippen molar-refractivity contribution in [1.82, 2.24) is 15.5 Å². The van der Waals surface area contributed by atoms with Crippen LogP contribution in [-0.4, -0.2) is 50.7 Å². The lowest BCUT2D eigenvalue weighted by molar-refractivity contribution is 0.201. The zero-order valence-electron chi connectivity index (χ0n) is 12.1. The summed E-state index contributed by atoms with van der Waals surface area (Å²) < 4.78 is 0. The van der Waals surface area contributed by atoms with Crippen LogP contribution in [0.2, 0.25) is 0 Å². The summed E-state index contributed by atoms with van der Waals surface area (Å²) in [6.07, 6.45) is 9.69. The van der Waals surface area contributed by atoms with Gasteiger partial charge in [0.25, 0.3) is 0 Å². The molecule has 2 fully saturated rings. The van der Waals surface area contributed by atoms with E-state index in [0.717, 1.165) is 12.0 Å². The average molecular weight is 253 g/mol. The van der Waals surface area contributed by atoms with Gasteiger partial charge in [0, 0.05) is 12.6 Å². The maximum Gasteiger partial charge on any atom is 0.00791 e. The first-order chi connectivity index (χ1) is 8.84. The van der Waals surface area contributed by atoms with Crippen molar-refractivity contribution in [3.05, 3.63) is 0 Å². The summed E-state index contributed by atoms with van der Waals surface area (Å²) in [5.74, 6) is 0.934. The van der Waals surface area contributed by atoms with Crippen LogP contribution in [0.3, 0.4) is 0 Å². The lowest BCUT2D eigenvalue weighted by Crippen LogP contribution is -2.37. The van der Waals surface area contributed by atoms with Gasteiger partial charge in [0.1, 0.15) is 0 Å². The Bertz CT molecular complexity index is 214. The molecule has 0 aliphatic carbocycles. The molecule has 2 N–H and O–H groups in total. The van der Waals surface area contributed by atoms with E-state index in [4.69, 9.17) is 0 Å². The lowest BCUT2D eigenvalue weighted by atomic mass is 9.95. The molecular weight excluding hydrogens is 222 g/mol. The Kier molecular flexibility index (Phi) is 6.46. The minimum Gasteiger partial charge on any atom is -0.317 e. The first-order valence-corrected chi connectivity index (χ1v) is 7.97. The molecule has 0 amide bonds. The predicted octanol–water partition coefficient (Wildman–Crippen LogP) is 1.84. The van der Waals surface area contributed by atoms with Crippen molar-refractivity contribution in [2.45, 2.75) is 51.0 Å². The lowest BCUT2D eigenvalue weighted by Gasteiger charge is -2.29. The van der Waals surface area contributed by atoms with Crippen LogP contribution in [0.1, 0.15) is 44.9 Å². The van der Waals surface area contributed by atoms with E-state index in [9.17, 15) is 0 Å². The molecule has 2 rings (SSSR count). The normalized spacial score (nSPS) is 30.5. The molecule has 18 heavy (non-hydrogen) atoms. The highest BCUT2D eigenvalue weighted by molar-refractivity contribution is 4.74. The van der Waals surface area contributed by atoms with Crippen molar-refractivity contribution in [2.75, 3.05) is 39.8 Å². The number of nitrogens with one attached hydrogen (secondary N) is 2. The van der Waals surface area contributed by atoms with Gasteiger partial charge in [0.15, 0.2) is 0 Å². The third-order valence-corrected chi connectivity index (χ3v) is 4.53. The number of nitrogens with zero attached hydrogens (tertiary/aromatic N) is 1. The summed E-state index contributed by atoms with van der Waals surface area (Å²) in [7, 11) is 2.26. The van der Waals surface area contributed by atoms with Crippen LogP contribution in [0.25, 0.3) is 0 Å². The van der Waals surface area contributed by atoms with Crippen LogP contribution >= 0.6 is 0 Å². The highest BCUT2D eigenvalue weighted by Crippen LogP contribution is 2.17. The van der Waals surface area contributed by atoms with Gasteiger partial charge in [-0.05, 0) is 77.7 Å². The van der Waals surface area contributed by atoms with Crippen LogP contribution in [0.4, 0.5) is 0 Å². The summed E-state index contributed by atoms with van der Waals surface area (Å²) in [5, 5.41) is 7.25. The van der Waals surface area contributed by atoms with Gasteiger partial charge in [0.05, 0.1) is 0 Å². The minimum atomic E-state index is 0.784. The molecule has 0 saturated carbocycles. The van der Waals surface area contributed by atoms with Crippen LogP contribution < -0.4 is 10.6 Å². The van der Waals surface area contributed by atoms with Crippen molar-refractivity contribution < 1.29 is 0 Å². The molecule has 2 aliphatic rings. The zero-order chi connectivity index (χ0) is 12.6. The highest BCUT2D eigenvalue weighted by atomic mass is 15.1. The Hall–Kier alpha value is -0.120. The maximum absolute atomic E-state index is 3.64. The van der Waals surface area contributed by atoms with Crippen molar-refractivity contribution >= 4 is 0 Å². The van der Waals surface area contributed by atoms with Crippen LogP contribution in [0, 0.1) is 5.92 Å². The second-order valence-electron chi connectivity index (χ2n) is 6.24. The largest absolute Gasteiger partial charge is 0.317 e.